The Balaban J connectivity index is 1.42. The van der Waals surface area contributed by atoms with E-state index >= 15 is 0 Å². The van der Waals surface area contributed by atoms with Gasteiger partial charge in [0.1, 0.15) is 0 Å². The third kappa shape index (κ3) is 5.25. The lowest BCUT2D eigenvalue weighted by Gasteiger charge is -2.20. The van der Waals surface area contributed by atoms with Crippen molar-refractivity contribution in [3.63, 3.8) is 0 Å². The zero-order valence-electron chi connectivity index (χ0n) is 15.1. The van der Waals surface area contributed by atoms with Gasteiger partial charge in [0.15, 0.2) is 0 Å². The molecule has 1 saturated carbocycles. The number of amides is 1. The van der Waals surface area contributed by atoms with Crippen LogP contribution in [0, 0.1) is 0 Å². The van der Waals surface area contributed by atoms with Crippen LogP contribution < -0.4 is 0 Å². The van der Waals surface area contributed by atoms with Crippen molar-refractivity contribution in [1.82, 2.24) is 15.1 Å². The minimum Gasteiger partial charge on any atom is -0.419 e. The van der Waals surface area contributed by atoms with Crippen molar-refractivity contribution < 1.29 is 9.21 Å². The third-order valence-electron chi connectivity index (χ3n) is 4.42. The second kappa shape index (κ2) is 8.96. The van der Waals surface area contributed by atoms with Crippen molar-refractivity contribution in [2.24, 2.45) is 0 Å². The van der Waals surface area contributed by atoms with Crippen LogP contribution in [0.1, 0.15) is 18.7 Å². The van der Waals surface area contributed by atoms with Crippen molar-refractivity contribution >= 4 is 52.5 Å². The van der Waals surface area contributed by atoms with E-state index in [1.165, 1.54) is 11.8 Å². The van der Waals surface area contributed by atoms with Crippen LogP contribution in [0.5, 0.6) is 0 Å². The molecule has 0 N–H and O–H groups in total. The minimum absolute atomic E-state index is 0.000199. The maximum atomic E-state index is 12.8. The lowest BCUT2D eigenvalue weighted by molar-refractivity contribution is -0.129. The van der Waals surface area contributed by atoms with Crippen molar-refractivity contribution in [3.8, 4) is 11.5 Å². The second-order valence-corrected chi connectivity index (χ2v) is 8.92. The highest BCUT2D eigenvalue weighted by Crippen LogP contribution is 2.33. The maximum absolute atomic E-state index is 12.8. The number of benzene rings is 2. The summed E-state index contributed by atoms with van der Waals surface area (Å²) in [5, 5.41) is 9.99. The summed E-state index contributed by atoms with van der Waals surface area (Å²) in [5.74, 6) is 1.06. The number of hydrogen-bond acceptors (Lipinski definition) is 5. The molecule has 0 atom stereocenters. The normalized spacial score (nSPS) is 13.5. The van der Waals surface area contributed by atoms with Crippen LogP contribution in [0.25, 0.3) is 11.5 Å². The largest absolute Gasteiger partial charge is 0.419 e. The average molecular weight is 469 g/mol. The fourth-order valence-corrected chi connectivity index (χ4v) is 4.29. The topological polar surface area (TPSA) is 59.2 Å². The molecule has 0 aliphatic heterocycles. The van der Waals surface area contributed by atoms with E-state index in [-0.39, 0.29) is 24.2 Å². The summed E-state index contributed by atoms with van der Waals surface area (Å²) in [4.78, 5) is 15.4. The van der Waals surface area contributed by atoms with Gasteiger partial charge in [-0.15, -0.1) is 22.0 Å². The van der Waals surface area contributed by atoms with Crippen molar-refractivity contribution in [3.05, 3.63) is 63.4 Å². The molecule has 3 aromatic rings. The van der Waals surface area contributed by atoms with Crippen molar-refractivity contribution in [2.45, 2.75) is 30.3 Å². The molecule has 1 heterocycles. The molecular weight excluding hydrogens is 453 g/mol. The van der Waals surface area contributed by atoms with Gasteiger partial charge in [-0.25, -0.2) is 0 Å². The third-order valence-corrected chi connectivity index (χ3v) is 6.38. The first-order valence-corrected chi connectivity index (χ1v) is 11.1. The van der Waals surface area contributed by atoms with E-state index in [2.05, 4.69) is 10.2 Å². The Kier molecular flexibility index (Phi) is 6.35. The number of nitrogens with zero attached hydrogens (tertiary/aromatic N) is 3. The average Bonchev–Trinajstić information content (AvgIpc) is 3.45. The Hall–Kier alpha value is -1.73. The van der Waals surface area contributed by atoms with E-state index in [0.29, 0.717) is 26.8 Å². The molecule has 0 saturated heterocycles. The molecule has 5 nitrogen and oxygen atoms in total. The first kappa shape index (κ1) is 20.5. The number of aromatic nitrogens is 2. The van der Waals surface area contributed by atoms with E-state index in [4.69, 9.17) is 39.2 Å². The molecule has 0 unspecified atom stereocenters. The highest BCUT2D eigenvalue weighted by atomic mass is 35.5. The Labute approximate surface area is 187 Å². The molecule has 1 aliphatic carbocycles. The van der Waals surface area contributed by atoms with Crippen molar-refractivity contribution in [2.75, 3.05) is 5.75 Å². The smallest absolute Gasteiger partial charge is 0.247 e. The number of rotatable bonds is 7. The van der Waals surface area contributed by atoms with Gasteiger partial charge in [-0.3, -0.25) is 4.79 Å². The van der Waals surface area contributed by atoms with Crippen LogP contribution in [-0.2, 0) is 11.3 Å². The van der Waals surface area contributed by atoms with Gasteiger partial charge in [-0.2, -0.15) is 0 Å². The summed E-state index contributed by atoms with van der Waals surface area (Å²) in [6, 6.07) is 12.6. The summed E-state index contributed by atoms with van der Waals surface area (Å²) in [5.41, 5.74) is 0.781. The summed E-state index contributed by atoms with van der Waals surface area (Å²) in [7, 11) is 0. The maximum Gasteiger partial charge on any atom is 0.247 e. The molecule has 0 spiro atoms. The van der Waals surface area contributed by atoms with E-state index in [9.17, 15) is 4.79 Å². The highest BCUT2D eigenvalue weighted by Gasteiger charge is 2.33. The van der Waals surface area contributed by atoms with Crippen LogP contribution in [0.2, 0.25) is 15.1 Å². The molecular formula is C20H16Cl3N3O2S. The van der Waals surface area contributed by atoms with Gasteiger partial charge in [0, 0.05) is 26.5 Å². The van der Waals surface area contributed by atoms with Crippen LogP contribution in [0.4, 0.5) is 0 Å². The number of hydrogen-bond donors (Lipinski definition) is 0. The van der Waals surface area contributed by atoms with Crippen molar-refractivity contribution in [1.29, 1.82) is 0 Å². The molecule has 1 amide bonds. The van der Waals surface area contributed by atoms with Crippen LogP contribution in [0.3, 0.4) is 0 Å². The predicted molar refractivity (Wildman–Crippen MR) is 116 cm³/mol. The molecule has 29 heavy (non-hydrogen) atoms. The fraction of sp³-hybridized carbons (Fsp3) is 0.250. The summed E-state index contributed by atoms with van der Waals surface area (Å²) >= 11 is 19.5. The Morgan fingerprint density at radius 1 is 1.07 bits per heavy atom. The summed E-state index contributed by atoms with van der Waals surface area (Å²) in [6.07, 6.45) is 1.96. The second-order valence-electron chi connectivity index (χ2n) is 6.62. The highest BCUT2D eigenvalue weighted by molar-refractivity contribution is 8.00. The quantitative estimate of drug-likeness (QED) is 0.399. The van der Waals surface area contributed by atoms with Crippen LogP contribution >= 0.6 is 46.6 Å². The molecule has 4 rings (SSSR count). The SMILES string of the molecule is O=C(CSc1cc(Cl)ccc1Cl)N(Cc1nnc(-c2ccc(Cl)cc2)o1)C1CC1. The predicted octanol–water partition coefficient (Wildman–Crippen LogP) is 5.98. The minimum atomic E-state index is -0.000199. The van der Waals surface area contributed by atoms with E-state index in [1.54, 1.807) is 35.2 Å². The number of halogens is 3. The van der Waals surface area contributed by atoms with E-state index < -0.39 is 0 Å². The van der Waals surface area contributed by atoms with Gasteiger partial charge in [-0.1, -0.05) is 34.8 Å². The lowest BCUT2D eigenvalue weighted by Crippen LogP contribution is -2.34. The molecule has 0 bridgehead atoms. The van der Waals surface area contributed by atoms with E-state index in [0.717, 1.165) is 23.3 Å². The zero-order valence-corrected chi connectivity index (χ0v) is 18.2. The zero-order chi connectivity index (χ0) is 20.4. The Morgan fingerprint density at radius 2 is 1.79 bits per heavy atom. The van der Waals surface area contributed by atoms with E-state index in [1.807, 2.05) is 12.1 Å². The first-order chi connectivity index (χ1) is 14.0. The molecule has 1 aromatic heterocycles. The van der Waals surface area contributed by atoms with Gasteiger partial charge < -0.3 is 9.32 Å². The molecule has 9 heteroatoms. The number of thioether (sulfide) groups is 1. The van der Waals surface area contributed by atoms with Crippen LogP contribution in [0.15, 0.2) is 51.8 Å². The van der Waals surface area contributed by atoms with Gasteiger partial charge in [-0.05, 0) is 55.3 Å². The first-order valence-electron chi connectivity index (χ1n) is 8.95. The number of carbonyl (C=O) groups excluding carboxylic acids is 1. The molecule has 2 aromatic carbocycles. The Bertz CT molecular complexity index is 1020. The standard InChI is InChI=1S/C20H16Cl3N3O2S/c21-13-3-1-12(2-4-13)20-25-24-18(28-20)10-26(15-6-7-15)19(27)11-29-17-9-14(22)5-8-16(17)23/h1-5,8-9,15H,6-7,10-11H2. The lowest BCUT2D eigenvalue weighted by atomic mass is 10.2. The Morgan fingerprint density at radius 3 is 2.52 bits per heavy atom. The number of carbonyl (C=O) groups is 1. The molecule has 1 fully saturated rings. The van der Waals surface area contributed by atoms with Gasteiger partial charge in [0.05, 0.1) is 17.3 Å². The molecule has 1 aliphatic rings. The monoisotopic (exact) mass is 467 g/mol. The van der Waals surface area contributed by atoms with Gasteiger partial charge >= 0.3 is 0 Å². The molecule has 150 valence electrons. The fourth-order valence-electron chi connectivity index (χ4n) is 2.79. The summed E-state index contributed by atoms with van der Waals surface area (Å²) < 4.78 is 5.76. The van der Waals surface area contributed by atoms with Gasteiger partial charge in [0.2, 0.25) is 17.7 Å². The molecule has 0 radical (unpaired) electrons. The van der Waals surface area contributed by atoms with Gasteiger partial charge in [0.25, 0.3) is 0 Å². The van der Waals surface area contributed by atoms with Crippen LogP contribution in [-0.4, -0.2) is 32.8 Å². The summed E-state index contributed by atoms with van der Waals surface area (Å²) in [6.45, 7) is 0.286.